The highest BCUT2D eigenvalue weighted by Gasteiger charge is 2.27. The molecule has 0 aromatic heterocycles. The molecule has 1 heterocycles. The molecule has 0 spiro atoms. The van der Waals surface area contributed by atoms with E-state index in [9.17, 15) is 9.90 Å². The first kappa shape index (κ1) is 17.0. The van der Waals surface area contributed by atoms with Crippen molar-refractivity contribution in [1.82, 2.24) is 0 Å². The second-order valence-electron chi connectivity index (χ2n) is 4.73. The Morgan fingerprint density at radius 1 is 1.35 bits per heavy atom. The number of methoxy groups -OCH3 is 1. The van der Waals surface area contributed by atoms with Gasteiger partial charge in [-0.2, -0.15) is 0 Å². The lowest BCUT2D eigenvalue weighted by atomic mass is 10.2. The summed E-state index contributed by atoms with van der Waals surface area (Å²) in [5.74, 6) is -0.534. The largest absolute Gasteiger partial charge is 0.507 e. The van der Waals surface area contributed by atoms with E-state index in [-0.39, 0.29) is 18.3 Å². The van der Waals surface area contributed by atoms with Crippen molar-refractivity contribution in [2.45, 2.75) is 6.04 Å². The lowest BCUT2D eigenvalue weighted by Crippen LogP contribution is -2.18. The van der Waals surface area contributed by atoms with Crippen molar-refractivity contribution in [3.8, 4) is 11.5 Å². The monoisotopic (exact) mass is 325 g/mol. The minimum absolute atomic E-state index is 0.0530. The average Bonchev–Trinajstić information content (AvgIpc) is 3.02. The molecule has 8 heteroatoms. The van der Waals surface area contributed by atoms with E-state index < -0.39 is 12.0 Å². The number of aliphatic carboxylic acids is 1. The van der Waals surface area contributed by atoms with Gasteiger partial charge in [0.1, 0.15) is 24.7 Å². The summed E-state index contributed by atoms with van der Waals surface area (Å²) in [6.07, 6.45) is 0. The zero-order valence-electron chi connectivity index (χ0n) is 12.7. The molecule has 2 rings (SSSR count). The Balaban J connectivity index is 1.94. The minimum Gasteiger partial charge on any atom is -0.507 e. The van der Waals surface area contributed by atoms with Crippen LogP contribution in [0, 0.1) is 0 Å². The molecule has 0 amide bonds. The molecule has 2 N–H and O–H groups in total. The van der Waals surface area contributed by atoms with Gasteiger partial charge in [-0.1, -0.05) is 0 Å². The third kappa shape index (κ3) is 4.83. The number of rotatable bonds is 9. The third-order valence-corrected chi connectivity index (χ3v) is 3.06. The Hall–Kier alpha value is -2.32. The number of nitrogens with zero attached hydrogens (tertiary/aromatic N) is 1. The summed E-state index contributed by atoms with van der Waals surface area (Å²) < 4.78 is 20.9. The van der Waals surface area contributed by atoms with Crippen LogP contribution in [-0.4, -0.2) is 68.3 Å². The van der Waals surface area contributed by atoms with E-state index in [0.29, 0.717) is 37.7 Å². The third-order valence-electron chi connectivity index (χ3n) is 3.06. The van der Waals surface area contributed by atoms with Gasteiger partial charge < -0.3 is 29.2 Å². The van der Waals surface area contributed by atoms with E-state index >= 15 is 0 Å². The van der Waals surface area contributed by atoms with Gasteiger partial charge in [0.15, 0.2) is 6.04 Å². The number of carbonyl (C=O) groups is 1. The fourth-order valence-corrected chi connectivity index (χ4v) is 1.89. The maximum absolute atomic E-state index is 10.9. The number of aliphatic imine (C=N–C) groups is 1. The summed E-state index contributed by atoms with van der Waals surface area (Å²) in [5, 5.41) is 18.8. The van der Waals surface area contributed by atoms with Crippen molar-refractivity contribution in [2.75, 3.05) is 40.1 Å². The van der Waals surface area contributed by atoms with Crippen LogP contribution in [0.4, 0.5) is 0 Å². The van der Waals surface area contributed by atoms with Gasteiger partial charge in [-0.25, -0.2) is 9.79 Å². The van der Waals surface area contributed by atoms with Gasteiger partial charge in [0.2, 0.25) is 5.90 Å². The Labute approximate surface area is 133 Å². The lowest BCUT2D eigenvalue weighted by molar-refractivity contribution is -0.138. The number of carboxylic acids is 1. The topological polar surface area (TPSA) is 107 Å². The predicted molar refractivity (Wildman–Crippen MR) is 80.2 cm³/mol. The van der Waals surface area contributed by atoms with Crippen LogP contribution < -0.4 is 4.74 Å². The Morgan fingerprint density at radius 2 is 2.13 bits per heavy atom. The molecular formula is C15H19NO7. The second-order valence-corrected chi connectivity index (χ2v) is 4.73. The molecule has 1 aromatic carbocycles. The van der Waals surface area contributed by atoms with Crippen LogP contribution in [0.25, 0.3) is 0 Å². The van der Waals surface area contributed by atoms with E-state index in [1.54, 1.807) is 19.2 Å². The Bertz CT molecular complexity index is 573. The molecule has 0 fully saturated rings. The molecule has 1 aromatic rings. The van der Waals surface area contributed by atoms with Gasteiger partial charge in [0, 0.05) is 7.11 Å². The molecular weight excluding hydrogens is 306 g/mol. The molecule has 23 heavy (non-hydrogen) atoms. The van der Waals surface area contributed by atoms with Crippen LogP contribution in [0.2, 0.25) is 0 Å². The number of phenols is 1. The second kappa shape index (κ2) is 8.35. The van der Waals surface area contributed by atoms with Gasteiger partial charge in [0.25, 0.3) is 0 Å². The summed E-state index contributed by atoms with van der Waals surface area (Å²) in [5.41, 5.74) is 0.298. The average molecular weight is 325 g/mol. The van der Waals surface area contributed by atoms with E-state index in [2.05, 4.69) is 4.99 Å². The highest BCUT2D eigenvalue weighted by atomic mass is 16.5. The van der Waals surface area contributed by atoms with Crippen molar-refractivity contribution in [3.63, 3.8) is 0 Å². The summed E-state index contributed by atoms with van der Waals surface area (Å²) in [4.78, 5) is 14.8. The summed E-state index contributed by atoms with van der Waals surface area (Å²) in [6.45, 7) is 1.69. The number of aromatic hydroxyl groups is 1. The van der Waals surface area contributed by atoms with Crippen LogP contribution in [0.5, 0.6) is 11.5 Å². The van der Waals surface area contributed by atoms with Crippen LogP contribution >= 0.6 is 0 Å². The Kier molecular flexibility index (Phi) is 6.19. The van der Waals surface area contributed by atoms with Crippen molar-refractivity contribution >= 4 is 11.9 Å². The Morgan fingerprint density at radius 3 is 2.83 bits per heavy atom. The van der Waals surface area contributed by atoms with Gasteiger partial charge in [-0.3, -0.25) is 0 Å². The first-order valence-corrected chi connectivity index (χ1v) is 7.08. The van der Waals surface area contributed by atoms with Gasteiger partial charge in [-0.05, 0) is 18.2 Å². The molecule has 1 aliphatic heterocycles. The van der Waals surface area contributed by atoms with Gasteiger partial charge >= 0.3 is 5.97 Å². The highest BCUT2D eigenvalue weighted by Crippen LogP contribution is 2.26. The van der Waals surface area contributed by atoms with Crippen molar-refractivity contribution < 1.29 is 34.0 Å². The zero-order valence-corrected chi connectivity index (χ0v) is 12.7. The summed E-state index contributed by atoms with van der Waals surface area (Å²) in [6, 6.07) is 3.63. The summed E-state index contributed by atoms with van der Waals surface area (Å²) in [7, 11) is 1.60. The van der Waals surface area contributed by atoms with E-state index in [1.165, 1.54) is 6.07 Å². The molecule has 0 bridgehead atoms. The fourth-order valence-electron chi connectivity index (χ4n) is 1.89. The summed E-state index contributed by atoms with van der Waals surface area (Å²) >= 11 is 0. The van der Waals surface area contributed by atoms with E-state index in [1.807, 2.05) is 0 Å². The van der Waals surface area contributed by atoms with Crippen molar-refractivity contribution in [3.05, 3.63) is 23.8 Å². The number of hydrogen-bond acceptors (Lipinski definition) is 7. The van der Waals surface area contributed by atoms with Gasteiger partial charge in [-0.15, -0.1) is 0 Å². The molecule has 126 valence electrons. The maximum Gasteiger partial charge on any atom is 0.332 e. The molecule has 0 unspecified atom stereocenters. The molecule has 8 nitrogen and oxygen atoms in total. The van der Waals surface area contributed by atoms with Crippen LogP contribution in [0.15, 0.2) is 23.2 Å². The zero-order chi connectivity index (χ0) is 16.7. The molecule has 0 saturated carbocycles. The standard InChI is InChI=1S/C15H19NO7/c1-20-4-5-21-6-7-22-10-2-3-13(17)11(8-10)14-16-12(9-23-14)15(18)19/h2-3,8,12,17H,4-7,9H2,1H3,(H,18,19)/t12-/m1/s1. The number of hydrogen-bond donors (Lipinski definition) is 2. The van der Waals surface area contributed by atoms with E-state index in [4.69, 9.17) is 24.1 Å². The number of ether oxygens (including phenoxy) is 4. The van der Waals surface area contributed by atoms with Crippen molar-refractivity contribution in [2.24, 2.45) is 4.99 Å². The minimum atomic E-state index is -1.07. The van der Waals surface area contributed by atoms with E-state index in [0.717, 1.165) is 0 Å². The molecule has 1 aliphatic rings. The number of phenolic OH excluding ortho intramolecular Hbond substituents is 1. The molecule has 1 atom stereocenters. The number of carboxylic acid groups (broad SMARTS) is 1. The molecule has 0 saturated heterocycles. The quantitative estimate of drug-likeness (QED) is 0.642. The highest BCUT2D eigenvalue weighted by molar-refractivity contribution is 5.99. The number of benzene rings is 1. The fraction of sp³-hybridized carbons (Fsp3) is 0.467. The van der Waals surface area contributed by atoms with Crippen LogP contribution in [-0.2, 0) is 19.0 Å². The van der Waals surface area contributed by atoms with Gasteiger partial charge in [0.05, 0.1) is 25.4 Å². The van der Waals surface area contributed by atoms with Crippen molar-refractivity contribution in [1.29, 1.82) is 0 Å². The maximum atomic E-state index is 10.9. The predicted octanol–water partition coefficient (Wildman–Crippen LogP) is 0.664. The molecule has 0 aliphatic carbocycles. The molecule has 0 radical (unpaired) electrons. The first-order chi connectivity index (χ1) is 11.1. The normalized spacial score (nSPS) is 16.7. The smallest absolute Gasteiger partial charge is 0.332 e. The van der Waals surface area contributed by atoms with Crippen LogP contribution in [0.3, 0.4) is 0 Å². The van der Waals surface area contributed by atoms with Crippen LogP contribution in [0.1, 0.15) is 5.56 Å². The first-order valence-electron chi connectivity index (χ1n) is 7.08. The lowest BCUT2D eigenvalue weighted by Gasteiger charge is -2.10. The SMILES string of the molecule is COCCOCCOc1ccc(O)c(C2=N[C@@H](C(=O)O)CO2)c1.